The first-order valence-electron chi connectivity index (χ1n) is 8.82. The Hall–Kier alpha value is -1.10. The van der Waals surface area contributed by atoms with E-state index in [1.807, 2.05) is 0 Å². The van der Waals surface area contributed by atoms with Gasteiger partial charge in [0.05, 0.1) is 10.6 Å². The SMILES string of the molecule is CCCCc1cccc2c(CCCCN)c(-c3sccc3Br)[nH]c12. The van der Waals surface area contributed by atoms with Crippen LogP contribution < -0.4 is 5.73 Å². The molecule has 0 radical (unpaired) electrons. The molecule has 3 aromatic rings. The second-order valence-electron chi connectivity index (χ2n) is 6.27. The van der Waals surface area contributed by atoms with E-state index in [1.54, 1.807) is 11.3 Å². The second kappa shape index (κ2) is 8.32. The van der Waals surface area contributed by atoms with Crippen LogP contribution in [0.2, 0.25) is 0 Å². The summed E-state index contributed by atoms with van der Waals surface area (Å²) in [4.78, 5) is 5.06. The number of aromatic nitrogens is 1. The quantitative estimate of drug-likeness (QED) is 0.425. The minimum absolute atomic E-state index is 0.766. The first kappa shape index (κ1) is 17.7. The molecule has 3 rings (SSSR count). The molecule has 0 aliphatic carbocycles. The van der Waals surface area contributed by atoms with Gasteiger partial charge in [0.25, 0.3) is 0 Å². The Kier molecular flexibility index (Phi) is 6.14. The van der Waals surface area contributed by atoms with Crippen LogP contribution in [0.1, 0.15) is 43.7 Å². The van der Waals surface area contributed by atoms with Crippen LogP contribution in [-0.4, -0.2) is 11.5 Å². The minimum atomic E-state index is 0.766. The van der Waals surface area contributed by atoms with Crippen molar-refractivity contribution in [3.63, 3.8) is 0 Å². The number of thiophene rings is 1. The number of benzene rings is 1. The lowest BCUT2D eigenvalue weighted by Crippen LogP contribution is -1.99. The van der Waals surface area contributed by atoms with E-state index in [2.05, 4.69) is 57.5 Å². The van der Waals surface area contributed by atoms with E-state index in [4.69, 9.17) is 5.73 Å². The fourth-order valence-electron chi connectivity index (χ4n) is 3.28. The highest BCUT2D eigenvalue weighted by Crippen LogP contribution is 2.39. The number of aryl methyl sites for hydroxylation is 2. The van der Waals surface area contributed by atoms with Crippen LogP contribution in [0.5, 0.6) is 0 Å². The van der Waals surface area contributed by atoms with Gasteiger partial charge in [-0.2, -0.15) is 0 Å². The van der Waals surface area contributed by atoms with Gasteiger partial charge in [-0.15, -0.1) is 11.3 Å². The van der Waals surface area contributed by atoms with Crippen LogP contribution in [0.15, 0.2) is 34.1 Å². The summed E-state index contributed by atoms with van der Waals surface area (Å²) in [5.41, 5.74) is 11.2. The fourth-order valence-corrected chi connectivity index (χ4v) is 4.88. The predicted octanol–water partition coefficient (Wildman–Crippen LogP) is 6.28. The van der Waals surface area contributed by atoms with Crippen molar-refractivity contribution in [1.82, 2.24) is 4.98 Å². The topological polar surface area (TPSA) is 41.8 Å². The molecule has 4 heteroatoms. The van der Waals surface area contributed by atoms with Gasteiger partial charge in [0.2, 0.25) is 0 Å². The average molecular weight is 405 g/mol. The molecule has 0 saturated carbocycles. The van der Waals surface area contributed by atoms with Crippen LogP contribution in [0.3, 0.4) is 0 Å². The molecule has 0 unspecified atom stereocenters. The zero-order chi connectivity index (χ0) is 16.9. The maximum atomic E-state index is 5.70. The number of nitrogens with two attached hydrogens (primary N) is 1. The largest absolute Gasteiger partial charge is 0.353 e. The van der Waals surface area contributed by atoms with Crippen molar-refractivity contribution in [3.05, 3.63) is 45.2 Å². The number of halogens is 1. The summed E-state index contributed by atoms with van der Waals surface area (Å²) in [6.45, 7) is 3.02. The number of rotatable bonds is 8. The molecule has 0 fully saturated rings. The predicted molar refractivity (Wildman–Crippen MR) is 110 cm³/mol. The zero-order valence-corrected chi connectivity index (χ0v) is 16.6. The highest BCUT2D eigenvalue weighted by Gasteiger charge is 2.17. The fraction of sp³-hybridized carbons (Fsp3) is 0.400. The van der Waals surface area contributed by atoms with E-state index < -0.39 is 0 Å². The highest BCUT2D eigenvalue weighted by molar-refractivity contribution is 9.10. The Labute approximate surface area is 156 Å². The lowest BCUT2D eigenvalue weighted by molar-refractivity contribution is 0.748. The van der Waals surface area contributed by atoms with Crippen molar-refractivity contribution in [3.8, 4) is 10.6 Å². The van der Waals surface area contributed by atoms with E-state index in [0.717, 1.165) is 32.2 Å². The molecule has 0 bridgehead atoms. The summed E-state index contributed by atoms with van der Waals surface area (Å²) in [6.07, 6.45) is 6.89. The summed E-state index contributed by atoms with van der Waals surface area (Å²) >= 11 is 5.50. The van der Waals surface area contributed by atoms with Crippen LogP contribution in [0, 0.1) is 0 Å². The number of hydrogen-bond donors (Lipinski definition) is 2. The van der Waals surface area contributed by atoms with E-state index in [0.29, 0.717) is 0 Å². The molecule has 0 aliphatic heterocycles. The molecular weight excluding hydrogens is 380 g/mol. The molecular formula is C20H25BrN2S. The number of nitrogens with one attached hydrogen (secondary N) is 1. The van der Waals surface area contributed by atoms with Gasteiger partial charge in [0.1, 0.15) is 0 Å². The van der Waals surface area contributed by atoms with E-state index in [1.165, 1.54) is 49.9 Å². The normalized spacial score (nSPS) is 11.5. The zero-order valence-electron chi connectivity index (χ0n) is 14.2. The van der Waals surface area contributed by atoms with Crippen molar-refractivity contribution in [1.29, 1.82) is 0 Å². The summed E-state index contributed by atoms with van der Waals surface area (Å²) in [7, 11) is 0. The monoisotopic (exact) mass is 404 g/mol. The highest BCUT2D eigenvalue weighted by atomic mass is 79.9. The Morgan fingerprint density at radius 1 is 1.12 bits per heavy atom. The molecule has 2 nitrogen and oxygen atoms in total. The van der Waals surface area contributed by atoms with Gasteiger partial charge in [-0.1, -0.05) is 31.5 Å². The number of para-hydroxylation sites is 1. The lowest BCUT2D eigenvalue weighted by Gasteiger charge is -2.04. The molecule has 0 atom stereocenters. The first-order chi connectivity index (χ1) is 11.8. The van der Waals surface area contributed by atoms with Crippen molar-refractivity contribution in [2.24, 2.45) is 5.73 Å². The second-order valence-corrected chi connectivity index (χ2v) is 8.04. The van der Waals surface area contributed by atoms with Gasteiger partial charge in [-0.25, -0.2) is 0 Å². The number of unbranched alkanes of at least 4 members (excludes halogenated alkanes) is 2. The number of hydrogen-bond acceptors (Lipinski definition) is 2. The summed E-state index contributed by atoms with van der Waals surface area (Å²) in [6, 6.07) is 8.88. The van der Waals surface area contributed by atoms with Crippen LogP contribution >= 0.6 is 27.3 Å². The molecule has 0 aliphatic rings. The number of H-pyrrole nitrogens is 1. The van der Waals surface area contributed by atoms with Crippen LogP contribution in [0.25, 0.3) is 21.5 Å². The summed E-state index contributed by atoms with van der Waals surface area (Å²) in [5.74, 6) is 0. The van der Waals surface area contributed by atoms with Crippen molar-refractivity contribution < 1.29 is 0 Å². The first-order valence-corrected chi connectivity index (χ1v) is 10.5. The molecule has 24 heavy (non-hydrogen) atoms. The van der Waals surface area contributed by atoms with Gasteiger partial charge in [-0.3, -0.25) is 0 Å². The van der Waals surface area contributed by atoms with Crippen LogP contribution in [-0.2, 0) is 12.8 Å². The number of fused-ring (bicyclic) bond motifs is 1. The molecule has 3 N–H and O–H groups in total. The summed E-state index contributed by atoms with van der Waals surface area (Å²) < 4.78 is 1.18. The van der Waals surface area contributed by atoms with Crippen LogP contribution in [0.4, 0.5) is 0 Å². The molecule has 0 amide bonds. The molecule has 128 valence electrons. The third-order valence-corrected chi connectivity index (χ3v) is 6.41. The molecule has 1 aromatic carbocycles. The maximum absolute atomic E-state index is 5.70. The van der Waals surface area contributed by atoms with Gasteiger partial charge < -0.3 is 10.7 Å². The molecule has 2 aromatic heterocycles. The Morgan fingerprint density at radius 3 is 2.71 bits per heavy atom. The molecule has 0 spiro atoms. The Bertz CT molecular complexity index is 803. The Balaban J connectivity index is 2.10. The average Bonchev–Trinajstić information content (AvgIpc) is 3.17. The smallest absolute Gasteiger partial charge is 0.0650 e. The van der Waals surface area contributed by atoms with Gasteiger partial charge in [0.15, 0.2) is 0 Å². The van der Waals surface area contributed by atoms with Crippen molar-refractivity contribution in [2.75, 3.05) is 6.54 Å². The van der Waals surface area contributed by atoms with E-state index in [9.17, 15) is 0 Å². The van der Waals surface area contributed by atoms with Gasteiger partial charge >= 0.3 is 0 Å². The van der Waals surface area contributed by atoms with E-state index >= 15 is 0 Å². The lowest BCUT2D eigenvalue weighted by atomic mass is 10.0. The van der Waals surface area contributed by atoms with Crippen molar-refractivity contribution in [2.45, 2.75) is 45.4 Å². The summed E-state index contributed by atoms with van der Waals surface area (Å²) in [5, 5.41) is 3.53. The molecule has 2 heterocycles. The third kappa shape index (κ3) is 3.61. The third-order valence-electron chi connectivity index (χ3n) is 4.55. The van der Waals surface area contributed by atoms with Gasteiger partial charge in [-0.05, 0) is 77.2 Å². The standard InChI is InChI=1S/C20H25BrN2S/c1-2-3-7-14-8-6-10-15-16(9-4-5-12-22)19(23-18(14)15)20-17(21)11-13-24-20/h6,8,10-11,13,23H,2-5,7,9,12,22H2,1H3. The maximum Gasteiger partial charge on any atom is 0.0650 e. The number of aromatic amines is 1. The Morgan fingerprint density at radius 2 is 2.00 bits per heavy atom. The van der Waals surface area contributed by atoms with E-state index in [-0.39, 0.29) is 0 Å². The molecule has 0 saturated heterocycles. The van der Waals surface area contributed by atoms with Crippen molar-refractivity contribution >= 4 is 38.2 Å². The minimum Gasteiger partial charge on any atom is -0.353 e. The van der Waals surface area contributed by atoms with Gasteiger partial charge in [0, 0.05) is 15.4 Å².